The van der Waals surface area contributed by atoms with Gasteiger partial charge in [0.15, 0.2) is 0 Å². The largest absolute Gasteiger partial charge is 0.491 e. The molecule has 1 aliphatic heterocycles. The van der Waals surface area contributed by atoms with Crippen molar-refractivity contribution in [2.45, 2.75) is 38.4 Å². The number of hydrogen-bond acceptors (Lipinski definition) is 5. The SMILES string of the molecule is Cc1ccc(NS(C)(=O)=O)c(OCCCN2CCC(OC(c3ccccc3)c3ccccc3)CC2)c1. The second kappa shape index (κ2) is 12.4. The van der Waals surface area contributed by atoms with E-state index in [2.05, 4.69) is 58.2 Å². The predicted octanol–water partition coefficient (Wildman–Crippen LogP) is 5.41. The van der Waals surface area contributed by atoms with Crippen LogP contribution in [0.5, 0.6) is 5.75 Å². The highest BCUT2D eigenvalue weighted by atomic mass is 32.2. The first-order chi connectivity index (χ1) is 17.4. The van der Waals surface area contributed by atoms with Crippen LogP contribution >= 0.6 is 0 Å². The number of piperidine rings is 1. The van der Waals surface area contributed by atoms with E-state index in [9.17, 15) is 8.42 Å². The van der Waals surface area contributed by atoms with Gasteiger partial charge in [0.1, 0.15) is 11.9 Å². The van der Waals surface area contributed by atoms with Crippen molar-refractivity contribution in [1.82, 2.24) is 4.90 Å². The molecule has 36 heavy (non-hydrogen) atoms. The van der Waals surface area contributed by atoms with E-state index >= 15 is 0 Å². The molecule has 0 radical (unpaired) electrons. The number of nitrogens with one attached hydrogen (secondary N) is 1. The Morgan fingerprint density at radius 3 is 2.14 bits per heavy atom. The van der Waals surface area contributed by atoms with Gasteiger partial charge in [-0.2, -0.15) is 0 Å². The lowest BCUT2D eigenvalue weighted by molar-refractivity contribution is -0.0273. The highest BCUT2D eigenvalue weighted by Crippen LogP contribution is 2.30. The summed E-state index contributed by atoms with van der Waals surface area (Å²) in [4.78, 5) is 2.45. The molecule has 0 unspecified atom stereocenters. The second-order valence-electron chi connectivity index (χ2n) is 9.45. The highest BCUT2D eigenvalue weighted by Gasteiger charge is 2.24. The van der Waals surface area contributed by atoms with E-state index in [0.29, 0.717) is 18.0 Å². The molecular formula is C29H36N2O4S. The number of sulfonamides is 1. The fourth-order valence-corrected chi connectivity index (χ4v) is 5.14. The van der Waals surface area contributed by atoms with Crippen molar-refractivity contribution < 1.29 is 17.9 Å². The minimum absolute atomic E-state index is 0.0542. The first-order valence-corrected chi connectivity index (χ1v) is 14.5. The fourth-order valence-electron chi connectivity index (χ4n) is 4.57. The van der Waals surface area contributed by atoms with Crippen LogP contribution in [0.25, 0.3) is 0 Å². The topological polar surface area (TPSA) is 67.9 Å². The molecule has 0 saturated carbocycles. The lowest BCUT2D eigenvalue weighted by Crippen LogP contribution is -2.38. The van der Waals surface area contributed by atoms with Gasteiger partial charge < -0.3 is 14.4 Å². The molecule has 1 fully saturated rings. The quantitative estimate of drug-likeness (QED) is 0.351. The maximum absolute atomic E-state index is 11.6. The first kappa shape index (κ1) is 26.2. The molecule has 3 aromatic carbocycles. The van der Waals surface area contributed by atoms with Gasteiger partial charge in [0.2, 0.25) is 10.0 Å². The van der Waals surface area contributed by atoms with E-state index in [-0.39, 0.29) is 12.2 Å². The molecule has 3 aromatic rings. The fraction of sp³-hybridized carbons (Fsp3) is 0.379. The van der Waals surface area contributed by atoms with Crippen LogP contribution in [0.2, 0.25) is 0 Å². The van der Waals surface area contributed by atoms with Gasteiger partial charge in [-0.25, -0.2) is 8.42 Å². The number of anilines is 1. The summed E-state index contributed by atoms with van der Waals surface area (Å²) < 4.78 is 38.4. The smallest absolute Gasteiger partial charge is 0.229 e. The summed E-state index contributed by atoms with van der Waals surface area (Å²) in [6.07, 6.45) is 4.18. The Morgan fingerprint density at radius 1 is 0.944 bits per heavy atom. The minimum Gasteiger partial charge on any atom is -0.491 e. The molecule has 0 atom stereocenters. The Balaban J connectivity index is 1.25. The van der Waals surface area contributed by atoms with Gasteiger partial charge in [-0.3, -0.25) is 4.72 Å². The van der Waals surface area contributed by atoms with E-state index in [4.69, 9.17) is 9.47 Å². The second-order valence-corrected chi connectivity index (χ2v) is 11.2. The number of aryl methyl sites for hydroxylation is 1. The Bertz CT molecular complexity index is 1150. The highest BCUT2D eigenvalue weighted by molar-refractivity contribution is 7.92. The molecule has 4 rings (SSSR count). The van der Waals surface area contributed by atoms with Crippen molar-refractivity contribution >= 4 is 15.7 Å². The third-order valence-electron chi connectivity index (χ3n) is 6.38. The van der Waals surface area contributed by atoms with Crippen LogP contribution in [-0.2, 0) is 14.8 Å². The van der Waals surface area contributed by atoms with Gasteiger partial charge in [0.25, 0.3) is 0 Å². The maximum Gasteiger partial charge on any atom is 0.229 e. The van der Waals surface area contributed by atoms with Crippen LogP contribution in [0.1, 0.15) is 42.1 Å². The zero-order valence-electron chi connectivity index (χ0n) is 21.1. The van der Waals surface area contributed by atoms with Crippen molar-refractivity contribution in [2.75, 3.05) is 37.2 Å². The summed E-state index contributed by atoms with van der Waals surface area (Å²) in [5.74, 6) is 0.570. The lowest BCUT2D eigenvalue weighted by atomic mass is 10.00. The zero-order chi connectivity index (χ0) is 25.4. The average Bonchev–Trinajstić information content (AvgIpc) is 2.88. The van der Waals surface area contributed by atoms with Gasteiger partial charge >= 0.3 is 0 Å². The molecule has 1 heterocycles. The van der Waals surface area contributed by atoms with Crippen molar-refractivity contribution in [1.29, 1.82) is 0 Å². The van der Waals surface area contributed by atoms with E-state index in [1.165, 1.54) is 11.1 Å². The molecule has 192 valence electrons. The Morgan fingerprint density at radius 2 is 1.56 bits per heavy atom. The van der Waals surface area contributed by atoms with Gasteiger partial charge in [0, 0.05) is 19.6 Å². The normalized spacial score (nSPS) is 15.2. The maximum atomic E-state index is 11.6. The van der Waals surface area contributed by atoms with E-state index < -0.39 is 10.0 Å². The van der Waals surface area contributed by atoms with Crippen molar-refractivity contribution in [3.63, 3.8) is 0 Å². The van der Waals surface area contributed by atoms with Crippen LogP contribution in [0, 0.1) is 6.92 Å². The third-order valence-corrected chi connectivity index (χ3v) is 6.97. The van der Waals surface area contributed by atoms with Crippen LogP contribution in [0.4, 0.5) is 5.69 Å². The molecule has 6 nitrogen and oxygen atoms in total. The number of likely N-dealkylation sites (tertiary alicyclic amines) is 1. The van der Waals surface area contributed by atoms with E-state index in [0.717, 1.165) is 50.7 Å². The number of ether oxygens (including phenoxy) is 2. The monoisotopic (exact) mass is 508 g/mol. The summed E-state index contributed by atoms with van der Waals surface area (Å²) in [6, 6.07) is 26.4. The van der Waals surface area contributed by atoms with Crippen molar-refractivity contribution in [3.05, 3.63) is 95.6 Å². The molecule has 1 N–H and O–H groups in total. The Hall–Kier alpha value is -2.87. The molecule has 1 saturated heterocycles. The molecule has 1 aliphatic rings. The predicted molar refractivity (Wildman–Crippen MR) is 145 cm³/mol. The molecule has 0 amide bonds. The third kappa shape index (κ3) is 7.82. The van der Waals surface area contributed by atoms with Gasteiger partial charge in [0.05, 0.1) is 24.7 Å². The van der Waals surface area contributed by atoms with Gasteiger partial charge in [-0.15, -0.1) is 0 Å². The van der Waals surface area contributed by atoms with Crippen molar-refractivity contribution in [2.24, 2.45) is 0 Å². The molecule has 7 heteroatoms. The molecule has 0 bridgehead atoms. The molecule has 0 aliphatic carbocycles. The van der Waals surface area contributed by atoms with Gasteiger partial charge in [-0.1, -0.05) is 66.7 Å². The molecule has 0 aromatic heterocycles. The van der Waals surface area contributed by atoms with E-state index in [1.54, 1.807) is 6.07 Å². The first-order valence-electron chi connectivity index (χ1n) is 12.6. The number of benzene rings is 3. The minimum atomic E-state index is -3.36. The number of nitrogens with zero attached hydrogens (tertiary/aromatic N) is 1. The van der Waals surface area contributed by atoms with Crippen LogP contribution in [0.3, 0.4) is 0 Å². The standard InChI is InChI=1S/C29H36N2O4S/c1-23-14-15-27(30-36(2,32)33)28(22-23)34-21-9-18-31-19-16-26(17-20-31)35-29(24-10-5-3-6-11-24)25-12-7-4-8-13-25/h3-8,10-15,22,26,29-30H,9,16-21H2,1-2H3. The lowest BCUT2D eigenvalue weighted by Gasteiger charge is -2.34. The van der Waals surface area contributed by atoms with Gasteiger partial charge in [-0.05, 0) is 55.0 Å². The van der Waals surface area contributed by atoms with Crippen LogP contribution in [-0.4, -0.2) is 51.9 Å². The molecular weight excluding hydrogens is 472 g/mol. The summed E-state index contributed by atoms with van der Waals surface area (Å²) >= 11 is 0. The Labute approximate surface area is 215 Å². The average molecular weight is 509 g/mol. The zero-order valence-corrected chi connectivity index (χ0v) is 21.9. The summed E-state index contributed by atoms with van der Waals surface area (Å²) in [7, 11) is -3.36. The Kier molecular flexibility index (Phi) is 9.02. The van der Waals surface area contributed by atoms with Crippen LogP contribution < -0.4 is 9.46 Å². The number of rotatable bonds is 11. The van der Waals surface area contributed by atoms with E-state index in [1.807, 2.05) is 31.2 Å². The molecule has 0 spiro atoms. The summed E-state index contributed by atoms with van der Waals surface area (Å²) in [5, 5.41) is 0. The van der Waals surface area contributed by atoms with Crippen molar-refractivity contribution in [3.8, 4) is 5.75 Å². The summed E-state index contributed by atoms with van der Waals surface area (Å²) in [6.45, 7) is 5.42. The summed E-state index contributed by atoms with van der Waals surface area (Å²) in [5.41, 5.74) is 3.87. The van der Waals surface area contributed by atoms with Crippen LogP contribution in [0.15, 0.2) is 78.9 Å². The number of hydrogen-bond donors (Lipinski definition) is 1.